The summed E-state index contributed by atoms with van der Waals surface area (Å²) in [5.41, 5.74) is 4.05. The molecule has 0 aromatic heterocycles. The van der Waals surface area contributed by atoms with Crippen LogP contribution in [0.2, 0.25) is 5.82 Å². The maximum absolute atomic E-state index is 14.6. The summed E-state index contributed by atoms with van der Waals surface area (Å²) in [6, 6.07) is 24.1. The third kappa shape index (κ3) is 17.8. The summed E-state index contributed by atoms with van der Waals surface area (Å²) in [7, 11) is -0.657. The number of ketones is 4. The number of Topliss-reactive ketones (excluding diaryl/α,β-unsaturated/α-hetero) is 4. The van der Waals surface area contributed by atoms with Crippen LogP contribution in [0.5, 0.6) is 0 Å². The highest BCUT2D eigenvalue weighted by Crippen LogP contribution is 2.66. The average molecular weight is 1100 g/mol. The summed E-state index contributed by atoms with van der Waals surface area (Å²) >= 11 is 0. The van der Waals surface area contributed by atoms with Crippen molar-refractivity contribution >= 4 is 42.1 Å². The average Bonchev–Trinajstić information content (AvgIpc) is 3.98. The van der Waals surface area contributed by atoms with Crippen molar-refractivity contribution < 1.29 is 47.5 Å². The van der Waals surface area contributed by atoms with Gasteiger partial charge in [0.25, 0.3) is 0 Å². The number of ether oxygens (including phenoxy) is 2. The number of carbonyl (C=O) groups excluding carboxylic acids is 6. The first-order valence-corrected chi connectivity index (χ1v) is 30.4. The molecule has 3 aromatic carbocycles. The van der Waals surface area contributed by atoms with E-state index in [1.165, 1.54) is 5.56 Å². The minimum Gasteiger partial charge on any atom is -0.405 e. The second kappa shape index (κ2) is 29.4. The van der Waals surface area contributed by atoms with E-state index in [9.17, 15) is 28.8 Å². The predicted molar refractivity (Wildman–Crippen MR) is 318 cm³/mol. The van der Waals surface area contributed by atoms with Crippen LogP contribution in [0.4, 0.5) is 0 Å². The molecule has 1 saturated heterocycles. The summed E-state index contributed by atoms with van der Waals surface area (Å²) in [6.07, 6.45) is 8.42. The number of hydrogen-bond donors (Lipinski definition) is 2. The molecule has 12 nitrogen and oxygen atoms in total. The van der Waals surface area contributed by atoms with E-state index in [-0.39, 0.29) is 73.5 Å². The zero-order valence-electron chi connectivity index (χ0n) is 50.7. The summed E-state index contributed by atoms with van der Waals surface area (Å²) in [5.74, 6) is -2.60. The highest BCUT2D eigenvalue weighted by atomic mass is 16.7. The van der Waals surface area contributed by atoms with Crippen molar-refractivity contribution in [3.63, 3.8) is 0 Å². The van der Waals surface area contributed by atoms with Crippen LogP contribution >= 0.6 is 0 Å². The fraction of sp³-hybridized carbons (Fsp3) is 0.642. The second-order valence-electron chi connectivity index (χ2n) is 26.0. The van der Waals surface area contributed by atoms with E-state index in [1.807, 2.05) is 89.2 Å². The molecular formula is C67H97BN2O10. The van der Waals surface area contributed by atoms with E-state index in [2.05, 4.69) is 69.5 Å². The lowest BCUT2D eigenvalue weighted by Gasteiger charge is -2.64. The highest BCUT2D eigenvalue weighted by molar-refractivity contribution is 6.48. The molecule has 10 atom stereocenters. The van der Waals surface area contributed by atoms with Gasteiger partial charge in [0.1, 0.15) is 11.8 Å². The van der Waals surface area contributed by atoms with Gasteiger partial charge in [-0.1, -0.05) is 153 Å². The van der Waals surface area contributed by atoms with Crippen LogP contribution in [-0.2, 0) is 55.8 Å². The fourth-order valence-electron chi connectivity index (χ4n) is 12.6. The van der Waals surface area contributed by atoms with Crippen LogP contribution in [0.15, 0.2) is 78.9 Å². The third-order valence-electron chi connectivity index (χ3n) is 17.5. The number of unbranched alkanes of at least 4 members (excludes halogenated alkanes) is 3. The molecule has 2 N–H and O–H groups in total. The topological polar surface area (TPSA) is 163 Å². The Morgan fingerprint density at radius 3 is 2.01 bits per heavy atom. The van der Waals surface area contributed by atoms with Gasteiger partial charge in [-0.05, 0) is 125 Å². The molecule has 3 aromatic rings. The van der Waals surface area contributed by atoms with Crippen LogP contribution in [0.25, 0.3) is 11.1 Å². The van der Waals surface area contributed by atoms with Gasteiger partial charge in [-0.2, -0.15) is 0 Å². The largest absolute Gasteiger partial charge is 0.463 e. The summed E-state index contributed by atoms with van der Waals surface area (Å²) in [5, 5.41) is 6.02. The van der Waals surface area contributed by atoms with Gasteiger partial charge in [-0.25, -0.2) is 0 Å². The molecule has 4 fully saturated rings. The molecular weight excluding hydrogens is 1000 g/mol. The Hall–Kier alpha value is -4.82. The fourth-order valence-corrected chi connectivity index (χ4v) is 12.6. The van der Waals surface area contributed by atoms with Crippen molar-refractivity contribution in [1.29, 1.82) is 0 Å². The Morgan fingerprint density at radius 2 is 1.39 bits per heavy atom. The number of amides is 2. The molecule has 3 saturated carbocycles. The van der Waals surface area contributed by atoms with Crippen molar-refractivity contribution in [3.05, 3.63) is 95.6 Å². The van der Waals surface area contributed by atoms with E-state index >= 15 is 0 Å². The quantitative estimate of drug-likeness (QED) is 0.0334. The van der Waals surface area contributed by atoms with Crippen molar-refractivity contribution in [3.8, 4) is 11.1 Å². The molecule has 438 valence electrons. The van der Waals surface area contributed by atoms with Gasteiger partial charge in [0.15, 0.2) is 17.3 Å². The third-order valence-corrected chi connectivity index (χ3v) is 17.5. The van der Waals surface area contributed by atoms with Crippen LogP contribution in [-0.4, -0.2) is 84.2 Å². The standard InChI is InChI=1S/C67H97BN2O10/c1-13-15-18-25-52(38-55(71)26-21-27-57(72)51-34-32-50(33-35-51)49-30-28-47(29-31-49)22-16-14-2)64(76)70-62(46(6)78-65(7,8)9)59(74)37-45(5)63(75)69-56(36-44(3)4)58(73)41-54(43-77-42-48-23-19-17-20-24-48)68-79-61-40-53-39-60(66(53,10)11)67(61,12)80-68/h17,19-20,23-24,28-35,44-46,52-54,56,60-62H,13-16,18,21-22,25-27,36-43H2,1-12H3,(H,69,75)(H,70,76)/t45-,46?,52-,53+,54+,56+,60+,61?,62+,67+/m1/s1. The second-order valence-corrected chi connectivity index (χ2v) is 26.0. The maximum atomic E-state index is 14.6. The minimum atomic E-state index is -1.12. The monoisotopic (exact) mass is 1100 g/mol. The normalized spacial score (nSPS) is 21.6. The van der Waals surface area contributed by atoms with Gasteiger partial charge in [0, 0.05) is 61.9 Å². The molecule has 7 rings (SSSR count). The molecule has 1 aliphatic heterocycles. The smallest absolute Gasteiger partial charge is 0.405 e. The van der Waals surface area contributed by atoms with Gasteiger partial charge in [-0.15, -0.1) is 0 Å². The minimum absolute atomic E-state index is 0.0206. The SMILES string of the molecule is CCCCC[C@H](CC(=O)CCCC(=O)c1ccc(-c2ccc(CCCC)cc2)cc1)C(=O)N[C@H](C(=O)C[C@@H](C)C(=O)N[C@@H](CC(C)C)C(=O)C[C@@H](COCc1ccccc1)B1OC2C[C@@H]3C[C@@H](C3(C)C)[C@]2(C)O1)C(C)OC(C)(C)C. The van der Waals surface area contributed by atoms with E-state index in [1.54, 1.807) is 13.8 Å². The first-order chi connectivity index (χ1) is 37.9. The van der Waals surface area contributed by atoms with Crippen molar-refractivity contribution in [2.75, 3.05) is 6.61 Å². The van der Waals surface area contributed by atoms with Gasteiger partial charge in [0.05, 0.1) is 36.1 Å². The summed E-state index contributed by atoms with van der Waals surface area (Å²) in [6.45, 7) is 24.7. The number of carbonyl (C=O) groups is 6. The molecule has 4 aliphatic rings. The van der Waals surface area contributed by atoms with Gasteiger partial charge >= 0.3 is 7.12 Å². The van der Waals surface area contributed by atoms with Crippen LogP contribution in [0.1, 0.15) is 201 Å². The molecule has 80 heavy (non-hydrogen) atoms. The first-order valence-electron chi connectivity index (χ1n) is 30.4. The first kappa shape index (κ1) is 64.4. The van der Waals surface area contributed by atoms with E-state index in [4.69, 9.17) is 18.8 Å². The molecule has 2 unspecified atom stereocenters. The lowest BCUT2D eigenvalue weighted by atomic mass is 9.43. The van der Waals surface area contributed by atoms with Crippen molar-refractivity contribution in [2.24, 2.45) is 35.0 Å². The van der Waals surface area contributed by atoms with Crippen molar-refractivity contribution in [1.82, 2.24) is 10.6 Å². The zero-order chi connectivity index (χ0) is 58.4. The Bertz CT molecular complexity index is 2510. The molecule has 0 radical (unpaired) electrons. The Kier molecular flexibility index (Phi) is 23.7. The lowest BCUT2D eigenvalue weighted by Crippen LogP contribution is -2.65. The van der Waals surface area contributed by atoms with Crippen LogP contribution in [0.3, 0.4) is 0 Å². The van der Waals surface area contributed by atoms with E-state index in [0.29, 0.717) is 43.3 Å². The molecule has 13 heteroatoms. The van der Waals surface area contributed by atoms with Crippen molar-refractivity contribution in [2.45, 2.75) is 234 Å². The molecule has 2 amide bonds. The number of rotatable bonds is 34. The van der Waals surface area contributed by atoms with E-state index in [0.717, 1.165) is 68.1 Å². The maximum Gasteiger partial charge on any atom is 0.463 e. The molecule has 2 bridgehead atoms. The van der Waals surface area contributed by atoms with Gasteiger partial charge < -0.3 is 29.4 Å². The Morgan fingerprint density at radius 1 is 0.725 bits per heavy atom. The summed E-state index contributed by atoms with van der Waals surface area (Å²) in [4.78, 5) is 84.5. The number of benzene rings is 3. The molecule has 0 spiro atoms. The van der Waals surface area contributed by atoms with Crippen LogP contribution < -0.4 is 10.6 Å². The van der Waals surface area contributed by atoms with Gasteiger partial charge in [0.2, 0.25) is 11.8 Å². The zero-order valence-corrected chi connectivity index (χ0v) is 50.7. The number of nitrogens with one attached hydrogen (secondary N) is 2. The number of hydrogen-bond acceptors (Lipinski definition) is 10. The van der Waals surface area contributed by atoms with Crippen LogP contribution in [0, 0.1) is 35.0 Å². The lowest BCUT2D eigenvalue weighted by molar-refractivity contribution is -0.199. The predicted octanol–water partition coefficient (Wildman–Crippen LogP) is 13.3. The molecule has 3 aliphatic carbocycles. The Balaban J connectivity index is 1.07. The Labute approximate surface area is 480 Å². The number of aryl methyl sites for hydroxylation is 1. The van der Waals surface area contributed by atoms with Gasteiger partial charge in [-0.3, -0.25) is 28.8 Å². The molecule has 1 heterocycles. The van der Waals surface area contributed by atoms with E-state index < -0.39 is 71.8 Å². The highest BCUT2D eigenvalue weighted by Gasteiger charge is 2.68. The summed E-state index contributed by atoms with van der Waals surface area (Å²) < 4.78 is 26.2.